The first-order chi connectivity index (χ1) is 11.1. The Morgan fingerprint density at radius 2 is 2.04 bits per heavy atom. The molecule has 2 heterocycles. The molecule has 126 valence electrons. The molecule has 1 aliphatic carbocycles. The Bertz CT molecular complexity index is 599. The van der Waals surface area contributed by atoms with Crippen LogP contribution in [0.3, 0.4) is 0 Å². The lowest BCUT2D eigenvalue weighted by Crippen LogP contribution is -2.48. The zero-order valence-corrected chi connectivity index (χ0v) is 14.7. The van der Waals surface area contributed by atoms with E-state index in [1.54, 1.807) is 0 Å². The van der Waals surface area contributed by atoms with Crippen molar-refractivity contribution in [1.29, 1.82) is 0 Å². The van der Waals surface area contributed by atoms with E-state index in [1.807, 2.05) is 18.7 Å². The summed E-state index contributed by atoms with van der Waals surface area (Å²) in [4.78, 5) is 32.7. The smallest absolute Gasteiger partial charge is 0.266 e. The highest BCUT2D eigenvalue weighted by Crippen LogP contribution is 2.33. The van der Waals surface area contributed by atoms with Crippen LogP contribution in [0.5, 0.6) is 0 Å². The van der Waals surface area contributed by atoms with E-state index in [4.69, 9.17) is 0 Å². The third kappa shape index (κ3) is 3.42. The van der Waals surface area contributed by atoms with E-state index in [2.05, 4.69) is 10.3 Å². The molecule has 1 aliphatic heterocycles. The summed E-state index contributed by atoms with van der Waals surface area (Å²) in [6.07, 6.45) is 5.88. The predicted molar refractivity (Wildman–Crippen MR) is 90.6 cm³/mol. The van der Waals surface area contributed by atoms with Crippen molar-refractivity contribution >= 4 is 23.2 Å². The van der Waals surface area contributed by atoms with Gasteiger partial charge in [0.1, 0.15) is 4.88 Å². The van der Waals surface area contributed by atoms with Crippen molar-refractivity contribution in [2.75, 3.05) is 13.1 Å². The molecule has 0 bridgehead atoms. The molecule has 0 radical (unpaired) electrons. The van der Waals surface area contributed by atoms with Crippen molar-refractivity contribution in [2.45, 2.75) is 58.4 Å². The van der Waals surface area contributed by atoms with Crippen molar-refractivity contribution in [3.05, 3.63) is 15.6 Å². The molecule has 3 rings (SSSR count). The van der Waals surface area contributed by atoms with Crippen LogP contribution in [0.15, 0.2) is 0 Å². The van der Waals surface area contributed by atoms with Gasteiger partial charge in [-0.2, -0.15) is 0 Å². The van der Waals surface area contributed by atoms with Crippen molar-refractivity contribution < 1.29 is 9.59 Å². The largest absolute Gasteiger partial charge is 0.356 e. The monoisotopic (exact) mass is 335 g/mol. The summed E-state index contributed by atoms with van der Waals surface area (Å²) in [5.74, 6) is 0.147. The fraction of sp³-hybridized carbons (Fsp3) is 0.706. The molecule has 1 saturated carbocycles. The first kappa shape index (κ1) is 16.4. The number of amides is 2. The first-order valence-corrected chi connectivity index (χ1v) is 9.42. The van der Waals surface area contributed by atoms with E-state index in [1.165, 1.54) is 11.3 Å². The molecule has 1 aromatic heterocycles. The number of carbonyl (C=O) groups excluding carboxylic acids is 2. The molecular weight excluding hydrogens is 310 g/mol. The van der Waals surface area contributed by atoms with Gasteiger partial charge in [-0.15, -0.1) is 11.3 Å². The number of nitrogens with one attached hydrogen (secondary N) is 1. The molecule has 1 N–H and O–H groups in total. The number of rotatable bonds is 1. The molecule has 1 saturated heterocycles. The second-order valence-electron chi connectivity index (χ2n) is 6.60. The van der Waals surface area contributed by atoms with E-state index in [0.29, 0.717) is 0 Å². The van der Waals surface area contributed by atoms with Crippen LogP contribution < -0.4 is 5.32 Å². The molecule has 2 atom stereocenters. The summed E-state index contributed by atoms with van der Waals surface area (Å²) in [7, 11) is 0. The average molecular weight is 335 g/mol. The number of nitrogens with zero attached hydrogens (tertiary/aromatic N) is 2. The van der Waals surface area contributed by atoms with E-state index in [-0.39, 0.29) is 23.8 Å². The van der Waals surface area contributed by atoms with E-state index in [9.17, 15) is 9.59 Å². The average Bonchev–Trinajstić information content (AvgIpc) is 3.12. The quantitative estimate of drug-likeness (QED) is 0.858. The van der Waals surface area contributed by atoms with Gasteiger partial charge in [0.25, 0.3) is 5.91 Å². The Morgan fingerprint density at radius 3 is 2.78 bits per heavy atom. The van der Waals surface area contributed by atoms with Gasteiger partial charge in [-0.3, -0.25) is 9.59 Å². The molecule has 0 spiro atoms. The third-order valence-corrected chi connectivity index (χ3v) is 6.01. The minimum atomic E-state index is -0.0497. The zero-order valence-electron chi connectivity index (χ0n) is 13.9. The third-order valence-electron chi connectivity index (χ3n) is 4.95. The van der Waals surface area contributed by atoms with Crippen molar-refractivity contribution in [2.24, 2.45) is 5.92 Å². The highest BCUT2D eigenvalue weighted by Gasteiger charge is 2.39. The maximum absolute atomic E-state index is 13.1. The maximum atomic E-state index is 13.1. The number of hydrogen-bond donors (Lipinski definition) is 1. The second kappa shape index (κ2) is 6.99. The number of aryl methyl sites for hydroxylation is 2. The number of thiazole rings is 1. The zero-order chi connectivity index (χ0) is 16.4. The van der Waals surface area contributed by atoms with Gasteiger partial charge in [-0.05, 0) is 46.0 Å². The Kier molecular flexibility index (Phi) is 4.99. The molecule has 2 aliphatic rings. The van der Waals surface area contributed by atoms with Gasteiger partial charge >= 0.3 is 0 Å². The molecule has 6 heteroatoms. The highest BCUT2D eigenvalue weighted by atomic mass is 32.1. The summed E-state index contributed by atoms with van der Waals surface area (Å²) in [6, 6.07) is 0.0439. The van der Waals surface area contributed by atoms with E-state index >= 15 is 0 Å². The van der Waals surface area contributed by atoms with Crippen LogP contribution in [0.1, 0.15) is 58.9 Å². The van der Waals surface area contributed by atoms with Crippen LogP contribution in [0.4, 0.5) is 0 Å². The van der Waals surface area contributed by atoms with Crippen molar-refractivity contribution in [3.8, 4) is 0 Å². The summed E-state index contributed by atoms with van der Waals surface area (Å²) >= 11 is 1.47. The van der Waals surface area contributed by atoms with Crippen LogP contribution in [0.2, 0.25) is 0 Å². The highest BCUT2D eigenvalue weighted by molar-refractivity contribution is 7.13. The summed E-state index contributed by atoms with van der Waals surface area (Å²) < 4.78 is 0. The Morgan fingerprint density at radius 1 is 1.22 bits per heavy atom. The molecular formula is C17H25N3O2S. The summed E-state index contributed by atoms with van der Waals surface area (Å²) in [5, 5.41) is 3.98. The van der Waals surface area contributed by atoms with Gasteiger partial charge in [-0.25, -0.2) is 4.98 Å². The van der Waals surface area contributed by atoms with Gasteiger partial charge in [0, 0.05) is 19.1 Å². The fourth-order valence-corrected chi connectivity index (χ4v) is 4.70. The molecule has 5 nitrogen and oxygen atoms in total. The van der Waals surface area contributed by atoms with Crippen molar-refractivity contribution in [3.63, 3.8) is 0 Å². The Balaban J connectivity index is 1.88. The SMILES string of the molecule is Cc1nc(C)c(C(=O)N2CCCCCNC(=O)[C@@H]3CCC[C@@H]32)s1. The van der Waals surface area contributed by atoms with Crippen molar-refractivity contribution in [1.82, 2.24) is 15.2 Å². The first-order valence-electron chi connectivity index (χ1n) is 8.60. The summed E-state index contributed by atoms with van der Waals surface area (Å²) in [5.41, 5.74) is 0.814. The van der Waals surface area contributed by atoms with Crippen LogP contribution in [-0.4, -0.2) is 40.8 Å². The van der Waals surface area contributed by atoms with Gasteiger partial charge in [0.15, 0.2) is 0 Å². The molecule has 1 aromatic rings. The molecule has 2 fully saturated rings. The molecule has 2 amide bonds. The van der Waals surface area contributed by atoms with Crippen LogP contribution in [0.25, 0.3) is 0 Å². The normalized spacial score (nSPS) is 25.8. The molecule has 23 heavy (non-hydrogen) atoms. The fourth-order valence-electron chi connectivity index (χ4n) is 3.82. The lowest BCUT2D eigenvalue weighted by atomic mass is 9.99. The maximum Gasteiger partial charge on any atom is 0.266 e. The van der Waals surface area contributed by atoms with Gasteiger partial charge in [0.2, 0.25) is 5.91 Å². The van der Waals surface area contributed by atoms with Crippen LogP contribution in [0, 0.1) is 19.8 Å². The van der Waals surface area contributed by atoms with E-state index in [0.717, 1.165) is 67.2 Å². The number of carbonyl (C=O) groups is 2. The minimum absolute atomic E-state index is 0.0439. The predicted octanol–water partition coefficient (Wildman–Crippen LogP) is 2.67. The number of fused-ring (bicyclic) bond motifs is 1. The standard InChI is InChI=1S/C17H25N3O2S/c1-11-15(23-12(2)19-11)17(22)20-10-5-3-4-9-18-16(21)13-7-6-8-14(13)20/h13-14H,3-10H2,1-2H3,(H,18,21)/t13-,14+/m1/s1. The van der Waals surface area contributed by atoms with Gasteiger partial charge < -0.3 is 10.2 Å². The van der Waals surface area contributed by atoms with Crippen LogP contribution >= 0.6 is 11.3 Å². The van der Waals surface area contributed by atoms with Gasteiger partial charge in [0.05, 0.1) is 16.6 Å². The minimum Gasteiger partial charge on any atom is -0.356 e. The Hall–Kier alpha value is -1.43. The topological polar surface area (TPSA) is 62.3 Å². The number of aromatic nitrogens is 1. The lowest BCUT2D eigenvalue weighted by Gasteiger charge is -2.33. The van der Waals surface area contributed by atoms with Gasteiger partial charge in [-0.1, -0.05) is 6.42 Å². The molecule has 0 aromatic carbocycles. The number of hydrogen-bond acceptors (Lipinski definition) is 4. The summed E-state index contributed by atoms with van der Waals surface area (Å²) in [6.45, 7) is 5.35. The van der Waals surface area contributed by atoms with Crippen LogP contribution in [-0.2, 0) is 4.79 Å². The molecule has 0 unspecified atom stereocenters. The second-order valence-corrected chi connectivity index (χ2v) is 7.81. The lowest BCUT2D eigenvalue weighted by molar-refractivity contribution is -0.126. The van der Waals surface area contributed by atoms with E-state index < -0.39 is 0 Å². The Labute approximate surface area is 141 Å².